The van der Waals surface area contributed by atoms with Crippen LogP contribution in [0.4, 0.5) is 11.5 Å². The lowest BCUT2D eigenvalue weighted by molar-refractivity contribution is -0.116. The minimum absolute atomic E-state index is 0.127. The van der Waals surface area contributed by atoms with Crippen LogP contribution in [0.3, 0.4) is 0 Å². The molecule has 5 nitrogen and oxygen atoms in total. The molecule has 1 amide bonds. The molecule has 0 aliphatic carbocycles. The van der Waals surface area contributed by atoms with Crippen LogP contribution in [-0.4, -0.2) is 21.9 Å². The molecule has 1 heterocycles. The van der Waals surface area contributed by atoms with Gasteiger partial charge in [-0.15, -0.1) is 0 Å². The summed E-state index contributed by atoms with van der Waals surface area (Å²) in [6.07, 6.45) is 1.49. The lowest BCUT2D eigenvalue weighted by Crippen LogP contribution is -2.32. The topological polar surface area (TPSA) is 66.9 Å². The molecule has 23 heavy (non-hydrogen) atoms. The number of rotatable bonds is 4. The van der Waals surface area contributed by atoms with Crippen LogP contribution >= 0.6 is 15.9 Å². The van der Waals surface area contributed by atoms with Crippen molar-refractivity contribution in [1.29, 1.82) is 0 Å². The molecule has 0 bridgehead atoms. The van der Waals surface area contributed by atoms with Gasteiger partial charge in [-0.1, -0.05) is 34.1 Å². The smallest absolute Gasteiger partial charge is 0.246 e. The van der Waals surface area contributed by atoms with E-state index in [2.05, 4.69) is 36.5 Å². The molecular formula is C17H15BrN4O. The fourth-order valence-electron chi connectivity index (χ4n) is 2.19. The lowest BCUT2D eigenvalue weighted by atomic mass is 10.2. The number of carbonyl (C=O) groups is 1. The van der Waals surface area contributed by atoms with E-state index in [0.717, 1.165) is 21.1 Å². The molecule has 0 saturated carbocycles. The number of hydrogen-bond acceptors (Lipinski definition) is 4. The van der Waals surface area contributed by atoms with E-state index >= 15 is 0 Å². The summed E-state index contributed by atoms with van der Waals surface area (Å²) in [4.78, 5) is 20.8. The Morgan fingerprint density at radius 1 is 1.13 bits per heavy atom. The average Bonchev–Trinajstić information content (AvgIpc) is 2.56. The number of hydrogen-bond donors (Lipinski definition) is 2. The highest BCUT2D eigenvalue weighted by Crippen LogP contribution is 2.23. The first kappa shape index (κ1) is 15.4. The molecule has 1 atom stereocenters. The first-order valence-corrected chi connectivity index (χ1v) is 7.95. The monoisotopic (exact) mass is 370 g/mol. The molecule has 2 N–H and O–H groups in total. The third-order valence-corrected chi connectivity index (χ3v) is 3.88. The highest BCUT2D eigenvalue weighted by Gasteiger charge is 2.15. The Hall–Kier alpha value is -2.47. The number of amides is 1. The summed E-state index contributed by atoms with van der Waals surface area (Å²) in [6, 6.07) is 14.7. The van der Waals surface area contributed by atoms with Crippen molar-refractivity contribution in [2.75, 3.05) is 10.6 Å². The van der Waals surface area contributed by atoms with E-state index < -0.39 is 6.04 Å². The van der Waals surface area contributed by atoms with Crippen LogP contribution in [0.1, 0.15) is 6.92 Å². The number of nitrogens with zero attached hydrogens (tertiary/aromatic N) is 2. The van der Waals surface area contributed by atoms with Gasteiger partial charge in [-0.25, -0.2) is 9.97 Å². The van der Waals surface area contributed by atoms with Crippen molar-refractivity contribution >= 4 is 44.2 Å². The number of anilines is 2. The zero-order valence-electron chi connectivity index (χ0n) is 12.5. The highest BCUT2D eigenvalue weighted by molar-refractivity contribution is 9.10. The number of benzene rings is 2. The van der Waals surface area contributed by atoms with Gasteiger partial charge in [-0.2, -0.15) is 0 Å². The van der Waals surface area contributed by atoms with E-state index in [0.29, 0.717) is 5.82 Å². The predicted octanol–water partition coefficient (Wildman–Crippen LogP) is 3.83. The zero-order valence-corrected chi connectivity index (χ0v) is 14.0. The van der Waals surface area contributed by atoms with E-state index in [9.17, 15) is 4.79 Å². The van der Waals surface area contributed by atoms with Gasteiger partial charge in [0.2, 0.25) is 5.91 Å². The molecule has 0 spiro atoms. The summed E-state index contributed by atoms with van der Waals surface area (Å²) in [5.74, 6) is 0.505. The number of carbonyl (C=O) groups excluding carboxylic acids is 1. The summed E-state index contributed by atoms with van der Waals surface area (Å²) in [5.41, 5.74) is 1.59. The summed E-state index contributed by atoms with van der Waals surface area (Å²) in [5, 5.41) is 6.88. The van der Waals surface area contributed by atoms with Gasteiger partial charge in [-0.05, 0) is 37.3 Å². The highest BCUT2D eigenvalue weighted by atomic mass is 79.9. The van der Waals surface area contributed by atoms with E-state index in [-0.39, 0.29) is 5.91 Å². The molecular weight excluding hydrogens is 356 g/mol. The Morgan fingerprint density at radius 3 is 2.70 bits per heavy atom. The van der Waals surface area contributed by atoms with Crippen LogP contribution in [0.5, 0.6) is 0 Å². The zero-order chi connectivity index (χ0) is 16.2. The summed E-state index contributed by atoms with van der Waals surface area (Å²) >= 11 is 3.44. The molecule has 0 saturated heterocycles. The maximum atomic E-state index is 12.3. The number of halogens is 1. The van der Waals surface area contributed by atoms with E-state index in [1.807, 2.05) is 48.5 Å². The van der Waals surface area contributed by atoms with Crippen LogP contribution in [-0.2, 0) is 4.79 Å². The Balaban J connectivity index is 1.78. The van der Waals surface area contributed by atoms with Gasteiger partial charge in [0.25, 0.3) is 0 Å². The Morgan fingerprint density at radius 2 is 1.91 bits per heavy atom. The molecule has 1 aromatic heterocycles. The van der Waals surface area contributed by atoms with Crippen molar-refractivity contribution in [3.8, 4) is 0 Å². The van der Waals surface area contributed by atoms with Crippen molar-refractivity contribution in [2.24, 2.45) is 0 Å². The van der Waals surface area contributed by atoms with Crippen molar-refractivity contribution < 1.29 is 4.79 Å². The Bertz CT molecular complexity index is 838. The molecule has 0 fully saturated rings. The second-order valence-electron chi connectivity index (χ2n) is 5.11. The molecule has 116 valence electrons. The van der Waals surface area contributed by atoms with E-state index in [1.165, 1.54) is 6.33 Å². The van der Waals surface area contributed by atoms with Crippen LogP contribution < -0.4 is 10.6 Å². The lowest BCUT2D eigenvalue weighted by Gasteiger charge is -2.15. The second-order valence-corrected chi connectivity index (χ2v) is 6.02. The molecule has 3 aromatic rings. The first-order chi connectivity index (χ1) is 11.1. The molecule has 6 heteroatoms. The standard InChI is InChI=1S/C17H15BrN4O/c1-11(17(23)22-13-5-3-2-4-6-13)21-16-14-9-12(18)7-8-15(14)19-10-20-16/h2-11H,1H3,(H,22,23)(H,19,20,21). The van der Waals surface area contributed by atoms with E-state index in [1.54, 1.807) is 6.92 Å². The van der Waals surface area contributed by atoms with Gasteiger partial charge < -0.3 is 10.6 Å². The largest absolute Gasteiger partial charge is 0.358 e. The molecule has 0 radical (unpaired) electrons. The number of aromatic nitrogens is 2. The van der Waals surface area contributed by atoms with Crippen LogP contribution in [0.2, 0.25) is 0 Å². The van der Waals surface area contributed by atoms with E-state index in [4.69, 9.17) is 0 Å². The van der Waals surface area contributed by atoms with Gasteiger partial charge in [-0.3, -0.25) is 4.79 Å². The quantitative estimate of drug-likeness (QED) is 0.732. The van der Waals surface area contributed by atoms with Crippen LogP contribution in [0.25, 0.3) is 10.9 Å². The maximum absolute atomic E-state index is 12.3. The fraction of sp³-hybridized carbons (Fsp3) is 0.118. The van der Waals surface area contributed by atoms with Crippen molar-refractivity contribution in [2.45, 2.75) is 13.0 Å². The predicted molar refractivity (Wildman–Crippen MR) is 95.4 cm³/mol. The van der Waals surface area contributed by atoms with Crippen LogP contribution in [0.15, 0.2) is 59.3 Å². The fourth-order valence-corrected chi connectivity index (χ4v) is 2.55. The minimum Gasteiger partial charge on any atom is -0.358 e. The molecule has 3 rings (SSSR count). The summed E-state index contributed by atoms with van der Waals surface area (Å²) < 4.78 is 0.934. The molecule has 2 aromatic carbocycles. The van der Waals surface area contributed by atoms with Crippen molar-refractivity contribution in [3.63, 3.8) is 0 Å². The summed E-state index contributed by atoms with van der Waals surface area (Å²) in [6.45, 7) is 1.80. The maximum Gasteiger partial charge on any atom is 0.246 e. The molecule has 0 aliphatic rings. The van der Waals surface area contributed by atoms with Crippen molar-refractivity contribution in [3.05, 3.63) is 59.3 Å². The van der Waals surface area contributed by atoms with Gasteiger partial charge >= 0.3 is 0 Å². The number of nitrogens with one attached hydrogen (secondary N) is 2. The third-order valence-electron chi connectivity index (χ3n) is 3.39. The molecule has 1 unspecified atom stereocenters. The van der Waals surface area contributed by atoms with Crippen molar-refractivity contribution in [1.82, 2.24) is 9.97 Å². The SMILES string of the molecule is CC(Nc1ncnc2ccc(Br)cc12)C(=O)Nc1ccccc1. The Labute approximate surface area is 142 Å². The number of fused-ring (bicyclic) bond motifs is 1. The first-order valence-electron chi connectivity index (χ1n) is 7.16. The van der Waals surface area contributed by atoms with Gasteiger partial charge in [0.15, 0.2) is 0 Å². The third kappa shape index (κ3) is 3.65. The Kier molecular flexibility index (Phi) is 4.52. The normalized spacial score (nSPS) is 11.9. The van der Waals surface area contributed by atoms with Gasteiger partial charge in [0.1, 0.15) is 18.2 Å². The summed E-state index contributed by atoms with van der Waals surface area (Å²) in [7, 11) is 0. The van der Waals surface area contributed by atoms with Gasteiger partial charge in [0, 0.05) is 15.5 Å². The second kappa shape index (κ2) is 6.75. The minimum atomic E-state index is -0.438. The van der Waals surface area contributed by atoms with Gasteiger partial charge in [0.05, 0.1) is 5.52 Å². The number of para-hydroxylation sites is 1. The average molecular weight is 371 g/mol. The van der Waals surface area contributed by atoms with Crippen LogP contribution in [0, 0.1) is 0 Å². The molecule has 0 aliphatic heterocycles.